The molecule has 0 saturated carbocycles. The van der Waals surface area contributed by atoms with Crippen molar-refractivity contribution in [2.24, 2.45) is 5.73 Å². The van der Waals surface area contributed by atoms with Gasteiger partial charge in [0.2, 0.25) is 5.91 Å². The number of carbonyl (C=O) groups is 1. The predicted octanol–water partition coefficient (Wildman–Crippen LogP) is -0.748. The van der Waals surface area contributed by atoms with Gasteiger partial charge in [-0.2, -0.15) is 0 Å². The van der Waals surface area contributed by atoms with E-state index in [-0.39, 0.29) is 5.91 Å². The minimum atomic E-state index is 0.282. The fraction of sp³-hybridized carbons (Fsp3) is 0.889. The van der Waals surface area contributed by atoms with Crippen molar-refractivity contribution in [3.05, 3.63) is 0 Å². The van der Waals surface area contributed by atoms with E-state index >= 15 is 0 Å². The molecule has 2 N–H and O–H groups in total. The minimum Gasteiger partial charge on any atom is -0.340 e. The lowest BCUT2D eigenvalue weighted by Gasteiger charge is -2.44. The Kier molecular flexibility index (Phi) is 2.51. The Bertz CT molecular complexity index is 207. The molecule has 4 heteroatoms. The van der Waals surface area contributed by atoms with Gasteiger partial charge in [-0.3, -0.25) is 9.69 Å². The summed E-state index contributed by atoms with van der Waals surface area (Å²) in [5.74, 6) is 0.282. The Hall–Kier alpha value is -0.610. The van der Waals surface area contributed by atoms with Crippen molar-refractivity contribution >= 4 is 5.91 Å². The number of piperazine rings is 1. The standard InChI is InChI=1S/C9H17N3O/c10-3-5-11-7-9(13)12-4-1-2-8(11)6-12/h8H,1-7,10H2. The molecule has 4 nitrogen and oxygen atoms in total. The first kappa shape index (κ1) is 8.97. The molecule has 2 rings (SSSR count). The molecule has 1 unspecified atom stereocenters. The minimum absolute atomic E-state index is 0.282. The monoisotopic (exact) mass is 183 g/mol. The molecule has 0 aromatic rings. The maximum Gasteiger partial charge on any atom is 0.236 e. The molecule has 2 fully saturated rings. The van der Waals surface area contributed by atoms with Crippen molar-refractivity contribution in [2.75, 3.05) is 32.7 Å². The van der Waals surface area contributed by atoms with Gasteiger partial charge in [0.05, 0.1) is 6.54 Å². The highest BCUT2D eigenvalue weighted by atomic mass is 16.2. The van der Waals surface area contributed by atoms with Crippen molar-refractivity contribution in [3.63, 3.8) is 0 Å². The van der Waals surface area contributed by atoms with Crippen LogP contribution in [0.5, 0.6) is 0 Å². The first-order valence-corrected chi connectivity index (χ1v) is 5.03. The van der Waals surface area contributed by atoms with E-state index in [1.807, 2.05) is 4.90 Å². The average Bonchev–Trinajstić information content (AvgIpc) is 2.16. The van der Waals surface area contributed by atoms with Gasteiger partial charge in [-0.25, -0.2) is 0 Å². The second kappa shape index (κ2) is 3.64. The van der Waals surface area contributed by atoms with Crippen molar-refractivity contribution in [1.82, 2.24) is 9.80 Å². The Morgan fingerprint density at radius 2 is 2.38 bits per heavy atom. The van der Waals surface area contributed by atoms with Gasteiger partial charge in [0.1, 0.15) is 0 Å². The maximum atomic E-state index is 11.5. The number of fused-ring (bicyclic) bond motifs is 2. The zero-order valence-corrected chi connectivity index (χ0v) is 7.91. The van der Waals surface area contributed by atoms with Gasteiger partial charge in [0.15, 0.2) is 0 Å². The van der Waals surface area contributed by atoms with Crippen LogP contribution in [0.1, 0.15) is 12.8 Å². The largest absolute Gasteiger partial charge is 0.340 e. The summed E-state index contributed by atoms with van der Waals surface area (Å²) >= 11 is 0. The summed E-state index contributed by atoms with van der Waals surface area (Å²) in [5.41, 5.74) is 5.51. The smallest absolute Gasteiger partial charge is 0.236 e. The molecule has 0 spiro atoms. The molecule has 2 aliphatic heterocycles. The normalized spacial score (nSPS) is 29.5. The lowest BCUT2D eigenvalue weighted by atomic mass is 10.0. The van der Waals surface area contributed by atoms with Gasteiger partial charge < -0.3 is 10.6 Å². The van der Waals surface area contributed by atoms with E-state index < -0.39 is 0 Å². The lowest BCUT2D eigenvalue weighted by Crippen LogP contribution is -2.59. The van der Waals surface area contributed by atoms with Crippen LogP contribution in [-0.4, -0.2) is 54.5 Å². The zero-order valence-electron chi connectivity index (χ0n) is 7.91. The van der Waals surface area contributed by atoms with E-state index in [0.717, 1.165) is 26.1 Å². The highest BCUT2D eigenvalue weighted by Gasteiger charge is 2.33. The van der Waals surface area contributed by atoms with Crippen LogP contribution >= 0.6 is 0 Å². The van der Waals surface area contributed by atoms with Crippen LogP contribution in [0.4, 0.5) is 0 Å². The number of hydrogen-bond donors (Lipinski definition) is 1. The zero-order chi connectivity index (χ0) is 9.26. The Morgan fingerprint density at radius 3 is 3.15 bits per heavy atom. The van der Waals surface area contributed by atoms with E-state index in [9.17, 15) is 4.79 Å². The molecule has 1 amide bonds. The molecule has 2 heterocycles. The topological polar surface area (TPSA) is 49.6 Å². The molecule has 74 valence electrons. The molecule has 2 bridgehead atoms. The number of nitrogens with two attached hydrogens (primary N) is 1. The Balaban J connectivity index is 2.01. The first-order valence-electron chi connectivity index (χ1n) is 5.03. The van der Waals surface area contributed by atoms with Gasteiger partial charge in [0, 0.05) is 32.2 Å². The molecule has 0 radical (unpaired) electrons. The number of piperidine rings is 1. The van der Waals surface area contributed by atoms with Crippen molar-refractivity contribution in [1.29, 1.82) is 0 Å². The van der Waals surface area contributed by atoms with Crippen LogP contribution < -0.4 is 5.73 Å². The fourth-order valence-corrected chi connectivity index (χ4v) is 2.31. The third-order valence-electron chi connectivity index (χ3n) is 3.02. The molecule has 1 atom stereocenters. The third kappa shape index (κ3) is 1.69. The molecular formula is C9H17N3O. The number of hydrogen-bond acceptors (Lipinski definition) is 3. The molecule has 13 heavy (non-hydrogen) atoms. The van der Waals surface area contributed by atoms with E-state index in [4.69, 9.17) is 5.73 Å². The summed E-state index contributed by atoms with van der Waals surface area (Å²) in [4.78, 5) is 15.8. The van der Waals surface area contributed by atoms with Crippen LogP contribution in [0.25, 0.3) is 0 Å². The number of amides is 1. The van der Waals surface area contributed by atoms with E-state index in [1.54, 1.807) is 0 Å². The van der Waals surface area contributed by atoms with Gasteiger partial charge in [-0.1, -0.05) is 0 Å². The number of nitrogens with zero attached hydrogens (tertiary/aromatic N) is 2. The van der Waals surface area contributed by atoms with E-state index in [1.165, 1.54) is 6.42 Å². The van der Waals surface area contributed by atoms with Gasteiger partial charge in [-0.15, -0.1) is 0 Å². The summed E-state index contributed by atoms with van der Waals surface area (Å²) in [6.07, 6.45) is 2.38. The molecule has 2 aliphatic rings. The maximum absolute atomic E-state index is 11.5. The third-order valence-corrected chi connectivity index (χ3v) is 3.02. The quantitative estimate of drug-likeness (QED) is 0.613. The second-order valence-electron chi connectivity index (χ2n) is 3.89. The molecule has 0 aromatic heterocycles. The molecule has 0 aromatic carbocycles. The highest BCUT2D eigenvalue weighted by molar-refractivity contribution is 5.79. The van der Waals surface area contributed by atoms with Gasteiger partial charge in [0.25, 0.3) is 0 Å². The molecular weight excluding hydrogens is 166 g/mol. The number of carbonyl (C=O) groups excluding carboxylic acids is 1. The van der Waals surface area contributed by atoms with E-state index in [0.29, 0.717) is 19.1 Å². The fourth-order valence-electron chi connectivity index (χ4n) is 2.31. The van der Waals surface area contributed by atoms with Crippen molar-refractivity contribution < 1.29 is 4.79 Å². The summed E-state index contributed by atoms with van der Waals surface area (Å²) in [5, 5.41) is 0. The summed E-state index contributed by atoms with van der Waals surface area (Å²) in [6, 6.07) is 0.579. The summed E-state index contributed by atoms with van der Waals surface area (Å²) in [6.45, 7) is 4.00. The van der Waals surface area contributed by atoms with Gasteiger partial charge in [-0.05, 0) is 12.8 Å². The summed E-state index contributed by atoms with van der Waals surface area (Å²) in [7, 11) is 0. The van der Waals surface area contributed by atoms with Crippen molar-refractivity contribution in [3.8, 4) is 0 Å². The average molecular weight is 183 g/mol. The molecule has 0 aliphatic carbocycles. The van der Waals surface area contributed by atoms with Gasteiger partial charge >= 0.3 is 0 Å². The lowest BCUT2D eigenvalue weighted by molar-refractivity contribution is -0.140. The van der Waals surface area contributed by atoms with Crippen molar-refractivity contribution in [2.45, 2.75) is 18.9 Å². The Morgan fingerprint density at radius 1 is 1.54 bits per heavy atom. The summed E-state index contributed by atoms with van der Waals surface area (Å²) < 4.78 is 0. The van der Waals surface area contributed by atoms with Crippen LogP contribution in [0, 0.1) is 0 Å². The van der Waals surface area contributed by atoms with Crippen LogP contribution in [0.15, 0.2) is 0 Å². The Labute approximate surface area is 78.7 Å². The van der Waals surface area contributed by atoms with E-state index in [2.05, 4.69) is 4.90 Å². The number of rotatable bonds is 2. The highest BCUT2D eigenvalue weighted by Crippen LogP contribution is 2.20. The first-order chi connectivity index (χ1) is 6.31. The molecule has 2 saturated heterocycles. The van der Waals surface area contributed by atoms with Crippen LogP contribution in [-0.2, 0) is 4.79 Å². The van der Waals surface area contributed by atoms with Crippen LogP contribution in [0.2, 0.25) is 0 Å². The predicted molar refractivity (Wildman–Crippen MR) is 50.2 cm³/mol. The van der Waals surface area contributed by atoms with Crippen LogP contribution in [0.3, 0.4) is 0 Å². The SMILES string of the molecule is NCCN1CC(=O)N2CCCC1C2. The second-order valence-corrected chi connectivity index (χ2v) is 3.89.